The van der Waals surface area contributed by atoms with Gasteiger partial charge in [-0.15, -0.1) is 4.48 Å². The highest BCUT2D eigenvalue weighted by molar-refractivity contribution is 5.57. The average molecular weight is 196 g/mol. The van der Waals surface area contributed by atoms with Gasteiger partial charge in [-0.2, -0.15) is 0 Å². The first kappa shape index (κ1) is 10.8. The number of nitrogens with zero attached hydrogens (tertiary/aromatic N) is 2. The van der Waals surface area contributed by atoms with Crippen LogP contribution < -0.4 is 10.0 Å². The summed E-state index contributed by atoms with van der Waals surface area (Å²) in [5.74, 6) is 0. The molecule has 0 saturated heterocycles. The molecular weight excluding hydrogens is 179 g/mol. The molecule has 0 atom stereocenters. The lowest BCUT2D eigenvalue weighted by molar-refractivity contribution is 0.476. The van der Waals surface area contributed by atoms with Crippen LogP contribution in [0, 0.1) is 0 Å². The molecule has 0 unspecified atom stereocenters. The highest BCUT2D eigenvalue weighted by Crippen LogP contribution is 2.21. The van der Waals surface area contributed by atoms with Gasteiger partial charge in [0.2, 0.25) is 0 Å². The molecule has 0 aromatic heterocycles. The normalized spacial score (nSPS) is 10.0. The first-order valence-corrected chi connectivity index (χ1v) is 4.93. The van der Waals surface area contributed by atoms with Crippen LogP contribution in [0.25, 0.3) is 0 Å². The lowest BCUT2D eigenvalue weighted by Crippen LogP contribution is -2.21. The summed E-state index contributed by atoms with van der Waals surface area (Å²) in [7, 11) is 1.40. The molecule has 0 amide bonds. The smallest absolute Gasteiger partial charge is 0.0704 e. The highest BCUT2D eigenvalue weighted by atomic mass is 19.2. The SMILES string of the molecule is CCN(CC)c1cccc(N(C)F)c1. The number of hydrogen-bond donors (Lipinski definition) is 0. The molecule has 0 aliphatic heterocycles. The Hall–Kier alpha value is -1.25. The van der Waals surface area contributed by atoms with Crippen molar-refractivity contribution in [3.63, 3.8) is 0 Å². The Morgan fingerprint density at radius 1 is 1.14 bits per heavy atom. The number of benzene rings is 1. The van der Waals surface area contributed by atoms with Gasteiger partial charge in [0.15, 0.2) is 0 Å². The molecule has 0 fully saturated rings. The van der Waals surface area contributed by atoms with Crippen LogP contribution in [0.2, 0.25) is 0 Å². The number of anilines is 2. The predicted molar refractivity (Wildman–Crippen MR) is 59.5 cm³/mol. The van der Waals surface area contributed by atoms with E-state index in [0.717, 1.165) is 18.8 Å². The molecular formula is C11H17FN2. The molecule has 0 spiro atoms. The van der Waals surface area contributed by atoms with Gasteiger partial charge in [-0.05, 0) is 32.0 Å². The van der Waals surface area contributed by atoms with Crippen molar-refractivity contribution in [2.24, 2.45) is 0 Å². The van der Waals surface area contributed by atoms with Crippen LogP contribution in [-0.2, 0) is 0 Å². The van der Waals surface area contributed by atoms with E-state index in [-0.39, 0.29) is 0 Å². The largest absolute Gasteiger partial charge is 0.372 e. The second-order valence-electron chi connectivity index (χ2n) is 3.17. The molecule has 1 aromatic carbocycles. The van der Waals surface area contributed by atoms with Crippen LogP contribution in [0.5, 0.6) is 0 Å². The van der Waals surface area contributed by atoms with Gasteiger partial charge in [-0.1, -0.05) is 6.07 Å². The molecule has 2 nitrogen and oxygen atoms in total. The van der Waals surface area contributed by atoms with Crippen LogP contribution in [0.1, 0.15) is 13.8 Å². The Labute approximate surface area is 84.9 Å². The van der Waals surface area contributed by atoms with Crippen molar-refractivity contribution >= 4 is 11.4 Å². The van der Waals surface area contributed by atoms with Crippen LogP contribution in [-0.4, -0.2) is 20.1 Å². The highest BCUT2D eigenvalue weighted by Gasteiger charge is 2.04. The van der Waals surface area contributed by atoms with E-state index in [1.165, 1.54) is 7.05 Å². The van der Waals surface area contributed by atoms with Gasteiger partial charge in [-0.25, -0.2) is 5.12 Å². The van der Waals surface area contributed by atoms with Gasteiger partial charge in [0.1, 0.15) is 0 Å². The predicted octanol–water partition coefficient (Wildman–Crippen LogP) is 2.85. The van der Waals surface area contributed by atoms with Crippen LogP contribution in [0.3, 0.4) is 0 Å². The molecule has 0 aliphatic rings. The third-order valence-electron chi connectivity index (χ3n) is 2.31. The fourth-order valence-electron chi connectivity index (χ4n) is 1.47. The van der Waals surface area contributed by atoms with E-state index in [4.69, 9.17) is 0 Å². The third-order valence-corrected chi connectivity index (χ3v) is 2.31. The second kappa shape index (κ2) is 4.84. The van der Waals surface area contributed by atoms with Crippen molar-refractivity contribution in [1.82, 2.24) is 0 Å². The minimum absolute atomic E-state index is 0.592. The van der Waals surface area contributed by atoms with Gasteiger partial charge >= 0.3 is 0 Å². The Bertz CT molecular complexity index is 282. The summed E-state index contributed by atoms with van der Waals surface area (Å²) in [4.78, 5) is 2.19. The molecule has 14 heavy (non-hydrogen) atoms. The molecule has 1 rings (SSSR count). The molecule has 0 N–H and O–H groups in total. The fourth-order valence-corrected chi connectivity index (χ4v) is 1.47. The summed E-state index contributed by atoms with van der Waals surface area (Å²) in [6.45, 7) is 6.07. The Balaban J connectivity index is 2.92. The first-order valence-electron chi connectivity index (χ1n) is 4.93. The zero-order valence-electron chi connectivity index (χ0n) is 9.00. The topological polar surface area (TPSA) is 6.48 Å². The zero-order chi connectivity index (χ0) is 10.6. The standard InChI is InChI=1S/C11H17FN2/c1-4-14(5-2)11-8-6-7-10(9-11)13(3)12/h6-9H,4-5H2,1-3H3. The summed E-state index contributed by atoms with van der Waals surface area (Å²) >= 11 is 0. The van der Waals surface area contributed by atoms with Crippen molar-refractivity contribution in [1.29, 1.82) is 0 Å². The van der Waals surface area contributed by atoms with Crippen molar-refractivity contribution in [3.8, 4) is 0 Å². The fraction of sp³-hybridized carbons (Fsp3) is 0.455. The molecule has 0 bridgehead atoms. The summed E-state index contributed by atoms with van der Waals surface area (Å²) in [5.41, 5.74) is 1.66. The van der Waals surface area contributed by atoms with Crippen molar-refractivity contribution < 1.29 is 4.48 Å². The van der Waals surface area contributed by atoms with Crippen LogP contribution >= 0.6 is 0 Å². The molecule has 1 aromatic rings. The second-order valence-corrected chi connectivity index (χ2v) is 3.17. The van der Waals surface area contributed by atoms with Gasteiger partial charge in [0.05, 0.1) is 5.69 Å². The van der Waals surface area contributed by atoms with E-state index >= 15 is 0 Å². The minimum Gasteiger partial charge on any atom is -0.372 e. The summed E-state index contributed by atoms with van der Waals surface area (Å²) in [6, 6.07) is 7.49. The van der Waals surface area contributed by atoms with E-state index < -0.39 is 0 Å². The summed E-state index contributed by atoms with van der Waals surface area (Å²) in [6.07, 6.45) is 0. The number of halogens is 1. The maximum Gasteiger partial charge on any atom is 0.0704 e. The van der Waals surface area contributed by atoms with E-state index in [0.29, 0.717) is 10.8 Å². The Kier molecular flexibility index (Phi) is 3.74. The van der Waals surface area contributed by atoms with Crippen molar-refractivity contribution in [2.45, 2.75) is 13.8 Å². The van der Waals surface area contributed by atoms with E-state index in [9.17, 15) is 4.48 Å². The third kappa shape index (κ3) is 2.37. The van der Waals surface area contributed by atoms with Crippen molar-refractivity contribution in [2.75, 3.05) is 30.2 Å². The maximum absolute atomic E-state index is 12.9. The summed E-state index contributed by atoms with van der Waals surface area (Å²) in [5, 5.41) is 0.632. The Morgan fingerprint density at radius 3 is 2.21 bits per heavy atom. The van der Waals surface area contributed by atoms with Crippen LogP contribution in [0.15, 0.2) is 24.3 Å². The van der Waals surface area contributed by atoms with Crippen molar-refractivity contribution in [3.05, 3.63) is 24.3 Å². The molecule has 0 saturated carbocycles. The number of rotatable bonds is 4. The summed E-state index contributed by atoms with van der Waals surface area (Å²) < 4.78 is 12.9. The monoisotopic (exact) mass is 196 g/mol. The van der Waals surface area contributed by atoms with E-state index in [1.807, 2.05) is 18.2 Å². The van der Waals surface area contributed by atoms with Gasteiger partial charge in [-0.3, -0.25) is 0 Å². The molecule has 78 valence electrons. The molecule has 0 aliphatic carbocycles. The Morgan fingerprint density at radius 2 is 1.71 bits per heavy atom. The van der Waals surface area contributed by atoms with E-state index in [1.54, 1.807) is 6.07 Å². The van der Waals surface area contributed by atoms with Gasteiger partial charge in [0.25, 0.3) is 0 Å². The molecule has 0 radical (unpaired) electrons. The van der Waals surface area contributed by atoms with Gasteiger partial charge < -0.3 is 4.90 Å². The number of hydrogen-bond acceptors (Lipinski definition) is 2. The van der Waals surface area contributed by atoms with Crippen LogP contribution in [0.4, 0.5) is 15.9 Å². The molecule has 0 heterocycles. The van der Waals surface area contributed by atoms with Gasteiger partial charge in [0, 0.05) is 25.8 Å². The lowest BCUT2D eigenvalue weighted by Gasteiger charge is -2.22. The van der Waals surface area contributed by atoms with E-state index in [2.05, 4.69) is 18.7 Å². The minimum atomic E-state index is 0.592. The quantitative estimate of drug-likeness (QED) is 0.683. The maximum atomic E-state index is 12.9. The average Bonchev–Trinajstić information content (AvgIpc) is 2.20. The molecule has 3 heteroatoms. The first-order chi connectivity index (χ1) is 6.69. The lowest BCUT2D eigenvalue weighted by atomic mass is 10.2. The zero-order valence-corrected chi connectivity index (χ0v) is 9.00.